The molecule has 4 aromatic rings. The fourth-order valence-corrected chi connectivity index (χ4v) is 4.19. The Labute approximate surface area is 244 Å². The van der Waals surface area contributed by atoms with E-state index < -0.39 is 13.3 Å². The summed E-state index contributed by atoms with van der Waals surface area (Å²) in [4.78, 5) is 19.5. The molecule has 0 spiro atoms. The number of hydrogen-bond donors (Lipinski definition) is 2. The Kier molecular flexibility index (Phi) is 9.24. The first-order valence-electron chi connectivity index (χ1n) is 13.0. The van der Waals surface area contributed by atoms with Crippen molar-refractivity contribution in [3.63, 3.8) is 0 Å². The van der Waals surface area contributed by atoms with Crippen molar-refractivity contribution in [2.45, 2.75) is 27.7 Å². The maximum absolute atomic E-state index is 13.5. The second kappa shape index (κ2) is 13.0. The number of allylic oxidation sites excluding steroid dienone is 1. The van der Waals surface area contributed by atoms with Gasteiger partial charge in [0.15, 0.2) is 0 Å². The largest absolute Gasteiger partial charge is 0.796 e. The molecule has 0 fully saturated rings. The molecule has 0 amide bonds. The number of hydrogen-bond acceptors (Lipinski definition) is 4. The van der Waals surface area contributed by atoms with Crippen LogP contribution in [0.5, 0.6) is 11.5 Å². The normalized spacial score (nSPS) is 10.7. The summed E-state index contributed by atoms with van der Waals surface area (Å²) in [5, 5.41) is 0. The van der Waals surface area contributed by atoms with Crippen molar-refractivity contribution in [1.82, 2.24) is 9.97 Å². The van der Waals surface area contributed by atoms with Crippen LogP contribution in [0.4, 0.5) is 8.63 Å². The van der Waals surface area contributed by atoms with Crippen LogP contribution >= 0.6 is 0 Å². The molecule has 2 N–H and O–H groups in total. The monoisotopic (exact) mass is 566 g/mol. The zero-order valence-corrected chi connectivity index (χ0v) is 24.2. The molecule has 0 saturated carbocycles. The molecule has 0 unspecified atom stereocenters. The van der Waals surface area contributed by atoms with Crippen molar-refractivity contribution in [3.05, 3.63) is 111 Å². The minimum atomic E-state index is -3.14. The number of carbonyl (C=O) groups is 1. The number of rotatable bonds is 7. The van der Waals surface area contributed by atoms with Gasteiger partial charge in [0.2, 0.25) is 5.78 Å². The molecule has 0 radical (unpaired) electrons. The van der Waals surface area contributed by atoms with Crippen LogP contribution in [0, 0.1) is 51.4 Å². The van der Waals surface area contributed by atoms with Gasteiger partial charge in [-0.25, -0.2) is 8.63 Å². The predicted octanol–water partition coefficient (Wildman–Crippen LogP) is 6.56. The van der Waals surface area contributed by atoms with E-state index in [-0.39, 0.29) is 17.1 Å². The third-order valence-corrected chi connectivity index (χ3v) is 6.94. The fraction of sp³-hybridized carbons (Fsp3) is 0.182. The smallest absolute Gasteiger partial charge is 0.503 e. The van der Waals surface area contributed by atoms with Gasteiger partial charge in [-0.1, -0.05) is 11.8 Å². The van der Waals surface area contributed by atoms with Crippen LogP contribution in [-0.4, -0.2) is 37.4 Å². The SMILES string of the molecule is COc1ccc(C#Cc2[nH]c(C(=O)/C=C(\OB(F)F)c3[nH]c(C#Cc4ccc(OC)cc4)c(C)c3C)c(C)c2C)cc1. The summed E-state index contributed by atoms with van der Waals surface area (Å²) < 4.78 is 42.1. The third-order valence-electron chi connectivity index (χ3n) is 6.94. The molecule has 212 valence electrons. The number of ether oxygens (including phenoxy) is 2. The molecule has 2 aromatic carbocycles. The van der Waals surface area contributed by atoms with Gasteiger partial charge < -0.3 is 24.1 Å². The second-order valence-corrected chi connectivity index (χ2v) is 9.46. The van der Waals surface area contributed by atoms with Crippen molar-refractivity contribution in [3.8, 4) is 35.2 Å². The number of halogens is 2. The summed E-state index contributed by atoms with van der Waals surface area (Å²) in [5.74, 6) is 12.8. The fourth-order valence-electron chi connectivity index (χ4n) is 4.19. The zero-order chi connectivity index (χ0) is 30.4. The van der Waals surface area contributed by atoms with Crippen molar-refractivity contribution in [2.24, 2.45) is 0 Å². The number of methoxy groups -OCH3 is 2. The number of benzene rings is 2. The van der Waals surface area contributed by atoms with E-state index in [9.17, 15) is 13.4 Å². The summed E-state index contributed by atoms with van der Waals surface area (Å²) in [6, 6.07) is 14.5. The van der Waals surface area contributed by atoms with Gasteiger partial charge >= 0.3 is 7.47 Å². The van der Waals surface area contributed by atoms with Gasteiger partial charge in [-0.3, -0.25) is 4.79 Å². The number of H-pyrrole nitrogens is 2. The van der Waals surface area contributed by atoms with Crippen LogP contribution in [0.3, 0.4) is 0 Å². The molecule has 0 saturated heterocycles. The average Bonchev–Trinajstić information content (AvgIpc) is 3.44. The highest BCUT2D eigenvalue weighted by Crippen LogP contribution is 2.27. The van der Waals surface area contributed by atoms with Gasteiger partial charge in [0.1, 0.15) is 17.3 Å². The number of ketones is 1. The molecule has 0 aliphatic carbocycles. The van der Waals surface area contributed by atoms with Gasteiger partial charge in [0.25, 0.3) is 0 Å². The molecular formula is C33H29BF2N2O4. The summed E-state index contributed by atoms with van der Waals surface area (Å²) in [5.41, 5.74) is 5.93. The maximum Gasteiger partial charge on any atom is 0.796 e. The van der Waals surface area contributed by atoms with Gasteiger partial charge in [0.05, 0.1) is 37.0 Å². The number of nitrogens with one attached hydrogen (secondary N) is 2. The molecule has 0 aliphatic rings. The van der Waals surface area contributed by atoms with E-state index in [0.29, 0.717) is 28.3 Å². The van der Waals surface area contributed by atoms with Crippen molar-refractivity contribution < 1.29 is 27.6 Å². The van der Waals surface area contributed by atoms with Crippen LogP contribution in [0.1, 0.15) is 61.0 Å². The van der Waals surface area contributed by atoms with E-state index >= 15 is 0 Å². The van der Waals surface area contributed by atoms with E-state index in [1.165, 1.54) is 0 Å². The minimum Gasteiger partial charge on any atom is -0.503 e. The van der Waals surface area contributed by atoms with Crippen LogP contribution in [-0.2, 0) is 4.65 Å². The first-order chi connectivity index (χ1) is 20.1. The Morgan fingerprint density at radius 2 is 1.12 bits per heavy atom. The Hall–Kier alpha value is -5.15. The Morgan fingerprint density at radius 1 is 0.690 bits per heavy atom. The Bertz CT molecular complexity index is 1760. The molecule has 0 bridgehead atoms. The average molecular weight is 566 g/mol. The molecule has 4 rings (SSSR count). The number of aromatic amines is 2. The standard InChI is InChI=1S/C33H29BF2N2O4/c1-20-22(3)32(37-28(20)17-11-24-7-13-26(40-5)14-8-24)30(39)19-31(42-34(35)36)33-23(4)21(2)29(38-33)18-12-25-9-15-27(41-6)16-10-25/h7-10,13-16,19,37-38H,1-6H3/b31-19-. The third kappa shape index (κ3) is 6.76. The number of aromatic nitrogens is 2. The Balaban J connectivity index is 1.66. The van der Waals surface area contributed by atoms with Gasteiger partial charge in [-0.05, 0) is 110 Å². The lowest BCUT2D eigenvalue weighted by molar-refractivity contribution is 0.104. The van der Waals surface area contributed by atoms with Gasteiger partial charge in [0, 0.05) is 17.2 Å². The highest BCUT2D eigenvalue weighted by molar-refractivity contribution is 6.36. The Morgan fingerprint density at radius 3 is 1.55 bits per heavy atom. The van der Waals surface area contributed by atoms with Gasteiger partial charge in [-0.15, -0.1) is 0 Å². The number of carbonyl (C=O) groups excluding carboxylic acids is 1. The quantitative estimate of drug-likeness (QED) is 0.0874. The van der Waals surface area contributed by atoms with Crippen molar-refractivity contribution >= 4 is 19.0 Å². The second-order valence-electron chi connectivity index (χ2n) is 9.46. The molecule has 0 aliphatic heterocycles. The molecule has 2 heterocycles. The molecular weight excluding hydrogens is 537 g/mol. The lowest BCUT2D eigenvalue weighted by atomic mass is 10.1. The molecule has 6 nitrogen and oxygen atoms in total. The molecule has 9 heteroatoms. The topological polar surface area (TPSA) is 76.3 Å². The summed E-state index contributed by atoms with van der Waals surface area (Å²) in [6.45, 7) is 7.19. The lowest BCUT2D eigenvalue weighted by Crippen LogP contribution is -2.08. The summed E-state index contributed by atoms with van der Waals surface area (Å²) in [6.07, 6.45) is 1.06. The first-order valence-corrected chi connectivity index (χ1v) is 13.0. The minimum absolute atomic E-state index is 0.238. The van der Waals surface area contributed by atoms with Crippen LogP contribution in [0.25, 0.3) is 5.76 Å². The van der Waals surface area contributed by atoms with E-state index in [2.05, 4.69) is 33.6 Å². The molecule has 2 aromatic heterocycles. The zero-order valence-electron chi connectivity index (χ0n) is 24.2. The van der Waals surface area contributed by atoms with E-state index in [1.807, 2.05) is 50.2 Å². The first kappa shape index (κ1) is 29.8. The van der Waals surface area contributed by atoms with Crippen LogP contribution in [0.15, 0.2) is 54.6 Å². The summed E-state index contributed by atoms with van der Waals surface area (Å²) >= 11 is 0. The van der Waals surface area contributed by atoms with Gasteiger partial charge in [-0.2, -0.15) is 0 Å². The van der Waals surface area contributed by atoms with Crippen LogP contribution in [0.2, 0.25) is 0 Å². The van der Waals surface area contributed by atoms with E-state index in [0.717, 1.165) is 34.1 Å². The van der Waals surface area contributed by atoms with E-state index in [4.69, 9.17) is 14.1 Å². The van der Waals surface area contributed by atoms with E-state index in [1.54, 1.807) is 40.2 Å². The van der Waals surface area contributed by atoms with Crippen molar-refractivity contribution in [1.29, 1.82) is 0 Å². The highest BCUT2D eigenvalue weighted by Gasteiger charge is 2.25. The summed E-state index contributed by atoms with van der Waals surface area (Å²) in [7, 11) is 0.0320. The highest BCUT2D eigenvalue weighted by atomic mass is 19.2. The molecule has 0 atom stereocenters. The maximum atomic E-state index is 13.5. The van der Waals surface area contributed by atoms with Crippen molar-refractivity contribution in [2.75, 3.05) is 14.2 Å². The lowest BCUT2D eigenvalue weighted by Gasteiger charge is -2.08. The van der Waals surface area contributed by atoms with Crippen LogP contribution < -0.4 is 9.47 Å². The predicted molar refractivity (Wildman–Crippen MR) is 160 cm³/mol. The molecule has 42 heavy (non-hydrogen) atoms.